The third-order valence-electron chi connectivity index (χ3n) is 2.40. The van der Waals surface area contributed by atoms with Gasteiger partial charge < -0.3 is 10.1 Å². The maximum Gasteiger partial charge on any atom is 0.360 e. The van der Waals surface area contributed by atoms with Crippen molar-refractivity contribution in [3.05, 3.63) is 11.2 Å². The lowest BCUT2D eigenvalue weighted by atomic mass is 10.1. The van der Waals surface area contributed by atoms with E-state index >= 15 is 0 Å². The standard InChI is InChI=1S/C12H20N2O2S/c1-4-6-7-9(3)14-11-10(13-8-17-11)12(15)16-5-2/h8-9,14H,4-7H2,1-3H3. The Bertz CT molecular complexity index is 352. The molecule has 0 fully saturated rings. The van der Waals surface area contributed by atoms with Gasteiger partial charge in [0.1, 0.15) is 5.00 Å². The van der Waals surface area contributed by atoms with E-state index in [2.05, 4.69) is 24.1 Å². The van der Waals surface area contributed by atoms with Crippen molar-refractivity contribution in [3.8, 4) is 0 Å². The van der Waals surface area contributed by atoms with Crippen LogP contribution >= 0.6 is 11.3 Å². The molecule has 96 valence electrons. The number of carbonyl (C=O) groups is 1. The van der Waals surface area contributed by atoms with Gasteiger partial charge in [0.15, 0.2) is 5.69 Å². The summed E-state index contributed by atoms with van der Waals surface area (Å²) < 4.78 is 4.95. The summed E-state index contributed by atoms with van der Waals surface area (Å²) in [7, 11) is 0. The minimum Gasteiger partial charge on any atom is -0.461 e. The Balaban J connectivity index is 2.59. The second-order valence-electron chi connectivity index (χ2n) is 3.94. The number of esters is 1. The Hall–Kier alpha value is -1.10. The van der Waals surface area contributed by atoms with Crippen LogP contribution in [0.25, 0.3) is 0 Å². The van der Waals surface area contributed by atoms with E-state index in [-0.39, 0.29) is 5.97 Å². The molecule has 1 aromatic heterocycles. The summed E-state index contributed by atoms with van der Waals surface area (Å²) >= 11 is 1.44. The van der Waals surface area contributed by atoms with Gasteiger partial charge >= 0.3 is 5.97 Å². The van der Waals surface area contributed by atoms with E-state index in [0.717, 1.165) is 11.4 Å². The molecule has 0 aliphatic carbocycles. The lowest BCUT2D eigenvalue weighted by Crippen LogP contribution is -2.17. The fourth-order valence-electron chi connectivity index (χ4n) is 1.50. The molecule has 1 rings (SSSR count). The van der Waals surface area contributed by atoms with Crippen molar-refractivity contribution in [2.24, 2.45) is 0 Å². The van der Waals surface area contributed by atoms with Crippen LogP contribution in [0.3, 0.4) is 0 Å². The molecule has 0 radical (unpaired) electrons. The molecular weight excluding hydrogens is 236 g/mol. The number of anilines is 1. The van der Waals surface area contributed by atoms with Crippen molar-refractivity contribution in [2.45, 2.75) is 46.1 Å². The molecule has 0 amide bonds. The summed E-state index contributed by atoms with van der Waals surface area (Å²) in [5, 5.41) is 4.13. The second kappa shape index (κ2) is 7.27. The summed E-state index contributed by atoms with van der Waals surface area (Å²) in [6.07, 6.45) is 3.46. The number of aromatic nitrogens is 1. The lowest BCUT2D eigenvalue weighted by molar-refractivity contribution is 0.0521. The fraction of sp³-hybridized carbons (Fsp3) is 0.667. The second-order valence-corrected chi connectivity index (χ2v) is 4.79. The van der Waals surface area contributed by atoms with Gasteiger partial charge in [0.05, 0.1) is 12.1 Å². The molecule has 0 saturated heterocycles. The predicted molar refractivity (Wildman–Crippen MR) is 70.7 cm³/mol. The first kappa shape index (κ1) is 14.0. The van der Waals surface area contributed by atoms with Gasteiger partial charge in [-0.05, 0) is 20.3 Å². The van der Waals surface area contributed by atoms with E-state index in [9.17, 15) is 4.79 Å². The van der Waals surface area contributed by atoms with Crippen molar-refractivity contribution in [1.82, 2.24) is 4.98 Å². The molecule has 0 spiro atoms. The summed E-state index contributed by atoms with van der Waals surface area (Å²) in [6, 6.07) is 0.351. The molecular formula is C12H20N2O2S. The van der Waals surface area contributed by atoms with Crippen LogP contribution in [0.2, 0.25) is 0 Å². The van der Waals surface area contributed by atoms with E-state index in [1.165, 1.54) is 24.2 Å². The highest BCUT2D eigenvalue weighted by atomic mass is 32.1. The molecule has 1 atom stereocenters. The smallest absolute Gasteiger partial charge is 0.360 e. The summed E-state index contributed by atoms with van der Waals surface area (Å²) in [5.41, 5.74) is 2.07. The Labute approximate surface area is 106 Å². The molecule has 0 bridgehead atoms. The quantitative estimate of drug-likeness (QED) is 0.760. The summed E-state index contributed by atoms with van der Waals surface area (Å²) in [5.74, 6) is -0.348. The monoisotopic (exact) mass is 256 g/mol. The first-order chi connectivity index (χ1) is 8.19. The van der Waals surface area contributed by atoms with E-state index in [1.807, 2.05) is 0 Å². The van der Waals surface area contributed by atoms with Crippen LogP contribution < -0.4 is 5.32 Å². The maximum atomic E-state index is 11.6. The van der Waals surface area contributed by atoms with Gasteiger partial charge in [0.2, 0.25) is 0 Å². The molecule has 0 aromatic carbocycles. The number of nitrogens with one attached hydrogen (secondary N) is 1. The zero-order chi connectivity index (χ0) is 12.7. The normalized spacial score (nSPS) is 12.2. The van der Waals surface area contributed by atoms with Gasteiger partial charge in [0, 0.05) is 6.04 Å². The van der Waals surface area contributed by atoms with E-state index in [0.29, 0.717) is 18.3 Å². The highest BCUT2D eigenvalue weighted by molar-refractivity contribution is 7.14. The molecule has 1 N–H and O–H groups in total. The van der Waals surface area contributed by atoms with Gasteiger partial charge in [0.25, 0.3) is 0 Å². The fourth-order valence-corrected chi connectivity index (χ4v) is 2.28. The van der Waals surface area contributed by atoms with Gasteiger partial charge in [-0.25, -0.2) is 9.78 Å². The summed E-state index contributed by atoms with van der Waals surface area (Å²) in [4.78, 5) is 15.7. The zero-order valence-corrected chi connectivity index (χ0v) is 11.5. The number of rotatable bonds is 7. The minimum absolute atomic E-state index is 0.348. The van der Waals surface area contributed by atoms with Crippen molar-refractivity contribution < 1.29 is 9.53 Å². The molecule has 1 aromatic rings. The largest absolute Gasteiger partial charge is 0.461 e. The first-order valence-electron chi connectivity index (χ1n) is 6.06. The van der Waals surface area contributed by atoms with Crippen LogP contribution in [0, 0.1) is 0 Å². The number of carbonyl (C=O) groups excluding carboxylic acids is 1. The zero-order valence-electron chi connectivity index (χ0n) is 10.7. The van der Waals surface area contributed by atoms with Gasteiger partial charge in [-0.2, -0.15) is 0 Å². The van der Waals surface area contributed by atoms with Gasteiger partial charge in [-0.3, -0.25) is 0 Å². The van der Waals surface area contributed by atoms with Crippen LogP contribution in [0.15, 0.2) is 5.51 Å². The van der Waals surface area contributed by atoms with Crippen LogP contribution in [0.4, 0.5) is 5.00 Å². The Morgan fingerprint density at radius 2 is 2.35 bits per heavy atom. The van der Waals surface area contributed by atoms with Crippen LogP contribution in [0.5, 0.6) is 0 Å². The molecule has 1 unspecified atom stereocenters. The van der Waals surface area contributed by atoms with Crippen LogP contribution in [-0.2, 0) is 4.74 Å². The molecule has 0 aliphatic heterocycles. The topological polar surface area (TPSA) is 51.2 Å². The third-order valence-corrected chi connectivity index (χ3v) is 3.16. The molecule has 4 nitrogen and oxygen atoms in total. The molecule has 5 heteroatoms. The molecule has 17 heavy (non-hydrogen) atoms. The maximum absolute atomic E-state index is 11.6. The number of ether oxygens (including phenoxy) is 1. The van der Waals surface area contributed by atoms with E-state index in [1.54, 1.807) is 12.4 Å². The highest BCUT2D eigenvalue weighted by Gasteiger charge is 2.17. The number of thiazole rings is 1. The van der Waals surface area contributed by atoms with Gasteiger partial charge in [-0.1, -0.05) is 19.8 Å². The van der Waals surface area contributed by atoms with Crippen LogP contribution in [0.1, 0.15) is 50.5 Å². The number of nitrogens with zero attached hydrogens (tertiary/aromatic N) is 1. The SMILES string of the molecule is CCCCC(C)Nc1scnc1C(=O)OCC. The van der Waals surface area contributed by atoms with Gasteiger partial charge in [-0.15, -0.1) is 11.3 Å². The molecule has 0 aliphatic rings. The Morgan fingerprint density at radius 3 is 3.00 bits per heavy atom. The van der Waals surface area contributed by atoms with Crippen molar-refractivity contribution in [1.29, 1.82) is 0 Å². The van der Waals surface area contributed by atoms with Crippen LogP contribution in [-0.4, -0.2) is 23.6 Å². The number of hydrogen-bond donors (Lipinski definition) is 1. The number of unbranched alkanes of at least 4 members (excludes halogenated alkanes) is 1. The van der Waals surface area contributed by atoms with E-state index < -0.39 is 0 Å². The Kier molecular flexibility index (Phi) is 5.97. The average Bonchev–Trinajstić information content (AvgIpc) is 2.75. The minimum atomic E-state index is -0.348. The third kappa shape index (κ3) is 4.34. The van der Waals surface area contributed by atoms with Crippen molar-refractivity contribution in [2.75, 3.05) is 11.9 Å². The average molecular weight is 256 g/mol. The summed E-state index contributed by atoms with van der Waals surface area (Å²) in [6.45, 7) is 6.45. The Morgan fingerprint density at radius 1 is 1.59 bits per heavy atom. The number of hydrogen-bond acceptors (Lipinski definition) is 5. The lowest BCUT2D eigenvalue weighted by Gasteiger charge is -2.13. The highest BCUT2D eigenvalue weighted by Crippen LogP contribution is 2.22. The predicted octanol–water partition coefficient (Wildman–Crippen LogP) is 3.31. The van der Waals surface area contributed by atoms with E-state index in [4.69, 9.17) is 4.74 Å². The first-order valence-corrected chi connectivity index (χ1v) is 6.94. The van der Waals surface area contributed by atoms with Crippen molar-refractivity contribution in [3.63, 3.8) is 0 Å². The molecule has 0 saturated carbocycles. The molecule has 1 heterocycles. The van der Waals surface area contributed by atoms with Crippen molar-refractivity contribution >= 4 is 22.3 Å².